The summed E-state index contributed by atoms with van der Waals surface area (Å²) in [7, 11) is 0. The number of hydrogen-bond donors (Lipinski definition) is 1. The third-order valence-electron chi connectivity index (χ3n) is 3.76. The van der Waals surface area contributed by atoms with Crippen molar-refractivity contribution in [1.29, 1.82) is 0 Å². The third kappa shape index (κ3) is 3.47. The van der Waals surface area contributed by atoms with E-state index >= 15 is 0 Å². The normalized spacial score (nSPS) is 16.2. The number of oxazole rings is 1. The zero-order chi connectivity index (χ0) is 17.1. The molecule has 0 saturated heterocycles. The fourth-order valence-electron chi connectivity index (χ4n) is 2.55. The summed E-state index contributed by atoms with van der Waals surface area (Å²) in [6, 6.07) is 14.9. The molecule has 1 atom stereocenters. The van der Waals surface area contributed by atoms with Crippen LogP contribution in [0.3, 0.4) is 0 Å². The lowest BCUT2D eigenvalue weighted by Crippen LogP contribution is -2.40. The monoisotopic (exact) mass is 336 g/mol. The van der Waals surface area contributed by atoms with E-state index in [-0.39, 0.29) is 12.0 Å². The molecule has 2 aromatic carbocycles. The second-order valence-electron chi connectivity index (χ2n) is 5.60. The van der Waals surface area contributed by atoms with Gasteiger partial charge in [-0.1, -0.05) is 24.3 Å². The van der Waals surface area contributed by atoms with Gasteiger partial charge in [0.1, 0.15) is 18.2 Å². The van der Waals surface area contributed by atoms with Crippen molar-refractivity contribution < 1.29 is 18.7 Å². The highest BCUT2D eigenvalue weighted by molar-refractivity contribution is 5.91. The molecule has 0 aliphatic carbocycles. The van der Waals surface area contributed by atoms with E-state index in [9.17, 15) is 4.79 Å². The fraction of sp³-hybridized carbons (Fsp3) is 0.158. The molecule has 126 valence electrons. The van der Waals surface area contributed by atoms with Gasteiger partial charge in [0.15, 0.2) is 17.1 Å². The van der Waals surface area contributed by atoms with E-state index in [0.29, 0.717) is 30.4 Å². The Morgan fingerprint density at radius 3 is 2.84 bits per heavy atom. The second kappa shape index (κ2) is 6.68. The van der Waals surface area contributed by atoms with E-state index in [4.69, 9.17) is 13.9 Å². The first-order valence-corrected chi connectivity index (χ1v) is 7.98. The number of benzene rings is 2. The lowest BCUT2D eigenvalue weighted by molar-refractivity contribution is -0.116. The second-order valence-corrected chi connectivity index (χ2v) is 5.60. The molecule has 6 nitrogen and oxygen atoms in total. The Morgan fingerprint density at radius 2 is 1.96 bits per heavy atom. The van der Waals surface area contributed by atoms with Crippen LogP contribution in [-0.4, -0.2) is 30.1 Å². The van der Waals surface area contributed by atoms with Crippen LogP contribution in [0.2, 0.25) is 0 Å². The average Bonchev–Trinajstić information content (AvgIpc) is 3.07. The molecule has 1 unspecified atom stereocenters. The predicted octanol–water partition coefficient (Wildman–Crippen LogP) is 2.80. The number of carbonyl (C=O) groups is 1. The van der Waals surface area contributed by atoms with Crippen molar-refractivity contribution in [3.05, 3.63) is 60.5 Å². The molecule has 25 heavy (non-hydrogen) atoms. The molecule has 4 rings (SSSR count). The van der Waals surface area contributed by atoms with Crippen molar-refractivity contribution in [1.82, 2.24) is 10.3 Å². The van der Waals surface area contributed by atoms with E-state index in [1.807, 2.05) is 48.5 Å². The summed E-state index contributed by atoms with van der Waals surface area (Å²) in [5.74, 6) is 1.56. The highest BCUT2D eigenvalue weighted by Gasteiger charge is 2.20. The van der Waals surface area contributed by atoms with E-state index in [1.165, 1.54) is 6.08 Å². The molecule has 1 aliphatic rings. The maximum Gasteiger partial charge on any atom is 0.244 e. The van der Waals surface area contributed by atoms with Crippen LogP contribution in [0.15, 0.2) is 59.0 Å². The van der Waals surface area contributed by atoms with Gasteiger partial charge in [-0.05, 0) is 24.3 Å². The number of nitrogens with zero attached hydrogens (tertiary/aromatic N) is 1. The average molecular weight is 336 g/mol. The highest BCUT2D eigenvalue weighted by atomic mass is 16.6. The van der Waals surface area contributed by atoms with Gasteiger partial charge < -0.3 is 19.2 Å². The van der Waals surface area contributed by atoms with Crippen molar-refractivity contribution >= 4 is 23.1 Å². The van der Waals surface area contributed by atoms with E-state index in [1.54, 1.807) is 6.08 Å². The maximum absolute atomic E-state index is 12.0. The van der Waals surface area contributed by atoms with Gasteiger partial charge in [0.05, 0.1) is 6.54 Å². The molecule has 1 aliphatic heterocycles. The molecule has 2 heterocycles. The van der Waals surface area contributed by atoms with Crippen LogP contribution in [0.1, 0.15) is 5.89 Å². The summed E-state index contributed by atoms with van der Waals surface area (Å²) in [5.41, 5.74) is 1.45. The van der Waals surface area contributed by atoms with Crippen molar-refractivity contribution in [2.75, 3.05) is 13.2 Å². The van der Waals surface area contributed by atoms with E-state index in [2.05, 4.69) is 10.3 Å². The van der Waals surface area contributed by atoms with Gasteiger partial charge in [0, 0.05) is 12.2 Å². The zero-order valence-electron chi connectivity index (χ0n) is 13.3. The van der Waals surface area contributed by atoms with Gasteiger partial charge in [-0.25, -0.2) is 4.98 Å². The van der Waals surface area contributed by atoms with Crippen LogP contribution < -0.4 is 14.8 Å². The molecule has 1 aromatic heterocycles. The van der Waals surface area contributed by atoms with Crippen molar-refractivity contribution in [3.63, 3.8) is 0 Å². The SMILES string of the molecule is O=C(C=Cc1nc2ccccc2o1)NCC1COc2ccccc2O1. The Balaban J connectivity index is 1.32. The van der Waals surface area contributed by atoms with Crippen LogP contribution in [-0.2, 0) is 4.79 Å². The number of nitrogens with one attached hydrogen (secondary N) is 1. The minimum absolute atomic E-state index is 0.225. The molecule has 0 spiro atoms. The van der Waals surface area contributed by atoms with Crippen molar-refractivity contribution in [2.24, 2.45) is 0 Å². The molecular weight excluding hydrogens is 320 g/mol. The number of hydrogen-bond acceptors (Lipinski definition) is 5. The lowest BCUT2D eigenvalue weighted by Gasteiger charge is -2.26. The fourth-order valence-corrected chi connectivity index (χ4v) is 2.55. The summed E-state index contributed by atoms with van der Waals surface area (Å²) in [5, 5.41) is 2.79. The number of aromatic nitrogens is 1. The number of rotatable bonds is 4. The van der Waals surface area contributed by atoms with Gasteiger partial charge >= 0.3 is 0 Å². The number of fused-ring (bicyclic) bond motifs is 2. The van der Waals surface area contributed by atoms with Crippen LogP contribution >= 0.6 is 0 Å². The minimum atomic E-state index is -0.246. The zero-order valence-corrected chi connectivity index (χ0v) is 13.3. The van der Waals surface area contributed by atoms with Gasteiger partial charge in [0.25, 0.3) is 0 Å². The maximum atomic E-state index is 12.0. The molecule has 0 saturated carbocycles. The Bertz CT molecular complexity index is 899. The minimum Gasteiger partial charge on any atom is -0.486 e. The number of amides is 1. The Kier molecular flexibility index (Phi) is 4.08. The van der Waals surface area contributed by atoms with Crippen LogP contribution in [0.4, 0.5) is 0 Å². The molecule has 0 radical (unpaired) electrons. The van der Waals surface area contributed by atoms with Gasteiger partial charge in [-0.2, -0.15) is 0 Å². The van der Waals surface area contributed by atoms with Crippen LogP contribution in [0, 0.1) is 0 Å². The molecule has 3 aromatic rings. The summed E-state index contributed by atoms with van der Waals surface area (Å²) >= 11 is 0. The Hall–Kier alpha value is -3.28. The van der Waals surface area contributed by atoms with Crippen molar-refractivity contribution in [2.45, 2.75) is 6.10 Å². The number of para-hydroxylation sites is 4. The molecular formula is C19H16N2O4. The first-order valence-electron chi connectivity index (χ1n) is 7.98. The predicted molar refractivity (Wildman–Crippen MR) is 92.4 cm³/mol. The van der Waals surface area contributed by atoms with E-state index < -0.39 is 0 Å². The molecule has 6 heteroatoms. The summed E-state index contributed by atoms with van der Waals surface area (Å²) in [4.78, 5) is 16.2. The van der Waals surface area contributed by atoms with Gasteiger partial charge in [-0.3, -0.25) is 4.79 Å². The largest absolute Gasteiger partial charge is 0.486 e. The third-order valence-corrected chi connectivity index (χ3v) is 3.76. The number of carbonyl (C=O) groups excluding carboxylic acids is 1. The van der Waals surface area contributed by atoms with Crippen molar-refractivity contribution in [3.8, 4) is 11.5 Å². The summed E-state index contributed by atoms with van der Waals surface area (Å²) < 4.78 is 16.9. The standard InChI is InChI=1S/C19H16N2O4/c22-18(9-10-19-21-14-5-1-2-6-15(14)25-19)20-11-13-12-23-16-7-3-4-8-17(16)24-13/h1-10,13H,11-12H2,(H,20,22). The van der Waals surface area contributed by atoms with Crippen LogP contribution in [0.25, 0.3) is 17.2 Å². The molecule has 0 fully saturated rings. The summed E-state index contributed by atoms with van der Waals surface area (Å²) in [6.07, 6.45) is 2.71. The van der Waals surface area contributed by atoms with Gasteiger partial charge in [0.2, 0.25) is 11.8 Å². The molecule has 0 bridgehead atoms. The smallest absolute Gasteiger partial charge is 0.244 e. The Morgan fingerprint density at radius 1 is 1.16 bits per heavy atom. The Labute approximate surface area is 144 Å². The summed E-state index contributed by atoms with van der Waals surface area (Å²) in [6.45, 7) is 0.747. The number of ether oxygens (including phenoxy) is 2. The molecule has 1 N–H and O–H groups in total. The quantitative estimate of drug-likeness (QED) is 0.742. The highest BCUT2D eigenvalue weighted by Crippen LogP contribution is 2.30. The topological polar surface area (TPSA) is 73.6 Å². The molecule has 1 amide bonds. The van der Waals surface area contributed by atoms with Gasteiger partial charge in [-0.15, -0.1) is 0 Å². The lowest BCUT2D eigenvalue weighted by atomic mass is 10.2. The van der Waals surface area contributed by atoms with E-state index in [0.717, 1.165) is 11.3 Å². The van der Waals surface area contributed by atoms with Crippen LogP contribution in [0.5, 0.6) is 11.5 Å². The first kappa shape index (κ1) is 15.3. The first-order chi connectivity index (χ1) is 12.3.